The maximum absolute atomic E-state index is 12.5. The Bertz CT molecular complexity index is 1300. The minimum absolute atomic E-state index is 0.00519. The summed E-state index contributed by atoms with van der Waals surface area (Å²) in [5.41, 5.74) is 1.46. The fourth-order valence-corrected chi connectivity index (χ4v) is 4.11. The summed E-state index contributed by atoms with van der Waals surface area (Å²) in [6.45, 7) is 0.00519. The van der Waals surface area contributed by atoms with E-state index in [1.165, 1.54) is 6.08 Å². The van der Waals surface area contributed by atoms with Gasteiger partial charge >= 0.3 is 0 Å². The van der Waals surface area contributed by atoms with Crippen molar-refractivity contribution in [3.63, 3.8) is 0 Å². The largest absolute Gasteiger partial charge is 0.482 e. The fourth-order valence-electron chi connectivity index (χ4n) is 2.88. The number of carbonyl (C=O) groups excluding carboxylic acids is 1. The van der Waals surface area contributed by atoms with E-state index in [2.05, 4.69) is 4.98 Å². The Kier molecular flexibility index (Phi) is 7.37. The molecule has 0 fully saturated rings. The van der Waals surface area contributed by atoms with Gasteiger partial charge in [-0.1, -0.05) is 58.0 Å². The number of benzene rings is 2. The van der Waals surface area contributed by atoms with Crippen molar-refractivity contribution in [3.05, 3.63) is 103 Å². The molecule has 0 atom stereocenters. The van der Waals surface area contributed by atoms with Crippen molar-refractivity contribution in [2.24, 2.45) is 0 Å². The van der Waals surface area contributed by atoms with Gasteiger partial charge in [0, 0.05) is 23.6 Å². The number of ketones is 1. The first-order chi connectivity index (χ1) is 15.8. The zero-order valence-corrected chi connectivity index (χ0v) is 20.3. The minimum Gasteiger partial charge on any atom is -0.482 e. The molecule has 0 bridgehead atoms. The third-order valence-electron chi connectivity index (χ3n) is 4.56. The van der Waals surface area contributed by atoms with Crippen molar-refractivity contribution in [1.82, 2.24) is 9.55 Å². The summed E-state index contributed by atoms with van der Waals surface area (Å²) in [6.07, 6.45) is 8.21. The molecule has 33 heavy (non-hydrogen) atoms. The number of rotatable bonds is 7. The Balaban J connectivity index is 1.40. The summed E-state index contributed by atoms with van der Waals surface area (Å²) in [5, 5.41) is 0.233. The molecule has 0 unspecified atom stereocenters. The lowest BCUT2D eigenvalue weighted by atomic mass is 10.1. The van der Waals surface area contributed by atoms with Crippen LogP contribution in [-0.4, -0.2) is 15.3 Å². The van der Waals surface area contributed by atoms with Crippen LogP contribution in [0.5, 0.6) is 5.75 Å². The summed E-state index contributed by atoms with van der Waals surface area (Å²) in [7, 11) is 0. The van der Waals surface area contributed by atoms with Gasteiger partial charge in [0.25, 0.3) is 0 Å². The first-order valence-corrected chi connectivity index (χ1v) is 11.3. The molecule has 2 aromatic heterocycles. The Morgan fingerprint density at radius 2 is 1.61 bits per heavy atom. The second kappa shape index (κ2) is 10.2. The van der Waals surface area contributed by atoms with Crippen molar-refractivity contribution < 1.29 is 13.9 Å². The van der Waals surface area contributed by atoms with Crippen LogP contribution in [-0.2, 0) is 6.61 Å². The highest BCUT2D eigenvalue weighted by atomic mass is 35.5. The lowest BCUT2D eigenvalue weighted by Crippen LogP contribution is -1.97. The predicted octanol–water partition coefficient (Wildman–Crippen LogP) is 8.21. The third-order valence-corrected chi connectivity index (χ3v) is 6.81. The summed E-state index contributed by atoms with van der Waals surface area (Å²) in [5.74, 6) is 0.883. The predicted molar refractivity (Wildman–Crippen MR) is 131 cm³/mol. The summed E-state index contributed by atoms with van der Waals surface area (Å²) in [6, 6.07) is 10.6. The van der Waals surface area contributed by atoms with Crippen molar-refractivity contribution in [2.45, 2.75) is 6.61 Å². The number of ether oxygens (including phenoxy) is 1. The summed E-state index contributed by atoms with van der Waals surface area (Å²) >= 11 is 30.4. The molecule has 0 N–H and O–H groups in total. The smallest absolute Gasteiger partial charge is 0.185 e. The van der Waals surface area contributed by atoms with Crippen molar-refractivity contribution in [3.8, 4) is 11.4 Å². The lowest BCUT2D eigenvalue weighted by molar-refractivity contribution is 0.104. The molecule has 0 aliphatic rings. The molecule has 168 valence electrons. The molecule has 0 spiro atoms. The average molecular weight is 543 g/mol. The molecular weight excluding hydrogens is 530 g/mol. The molecule has 2 aromatic carbocycles. The van der Waals surface area contributed by atoms with Crippen molar-refractivity contribution in [2.75, 3.05) is 0 Å². The number of aromatic nitrogens is 2. The Morgan fingerprint density at radius 1 is 0.939 bits per heavy atom. The highest BCUT2D eigenvalue weighted by Crippen LogP contribution is 2.48. The second-order valence-corrected chi connectivity index (χ2v) is 8.60. The molecule has 5 nitrogen and oxygen atoms in total. The van der Waals surface area contributed by atoms with Crippen LogP contribution in [0.2, 0.25) is 25.1 Å². The van der Waals surface area contributed by atoms with Crippen LogP contribution < -0.4 is 4.74 Å². The van der Waals surface area contributed by atoms with Gasteiger partial charge in [-0.05, 0) is 48.6 Å². The van der Waals surface area contributed by atoms with Gasteiger partial charge < -0.3 is 13.7 Å². The standard InChI is InChI=1S/C23H13Cl5N2O3/c24-18-19(25)21(27)23(22(28)20(18)26)32-11-16-6-5-15(33-16)7-8-17(31)13-1-3-14(4-2-13)30-10-9-29-12-30/h1-10,12H,11H2/b8-7+. The number of halogens is 5. The van der Waals surface area contributed by atoms with Gasteiger partial charge in [0.1, 0.15) is 28.2 Å². The average Bonchev–Trinajstić information content (AvgIpc) is 3.52. The topological polar surface area (TPSA) is 57.3 Å². The molecule has 4 rings (SSSR count). The summed E-state index contributed by atoms with van der Waals surface area (Å²) in [4.78, 5) is 16.5. The zero-order chi connectivity index (χ0) is 23.5. The number of nitrogens with zero attached hydrogens (tertiary/aromatic N) is 2. The Labute approximate surface area is 214 Å². The quantitative estimate of drug-likeness (QED) is 0.102. The van der Waals surface area contributed by atoms with E-state index in [-0.39, 0.29) is 43.3 Å². The van der Waals surface area contributed by atoms with E-state index in [4.69, 9.17) is 67.2 Å². The first kappa shape index (κ1) is 23.7. The first-order valence-electron chi connectivity index (χ1n) is 9.39. The Hall–Kier alpha value is -2.41. The molecule has 10 heteroatoms. The molecule has 2 heterocycles. The molecular formula is C23H13Cl5N2O3. The van der Waals surface area contributed by atoms with E-state index >= 15 is 0 Å². The van der Waals surface area contributed by atoms with Gasteiger partial charge in [0.15, 0.2) is 11.5 Å². The molecule has 0 aliphatic heterocycles. The van der Waals surface area contributed by atoms with Gasteiger partial charge in [-0.15, -0.1) is 0 Å². The number of furan rings is 1. The van der Waals surface area contributed by atoms with E-state index in [9.17, 15) is 4.79 Å². The van der Waals surface area contributed by atoms with Gasteiger partial charge in [0.2, 0.25) is 0 Å². The number of imidazole rings is 1. The van der Waals surface area contributed by atoms with Crippen molar-refractivity contribution >= 4 is 69.9 Å². The van der Waals surface area contributed by atoms with E-state index in [1.54, 1.807) is 42.9 Å². The van der Waals surface area contributed by atoms with Gasteiger partial charge in [-0.25, -0.2) is 4.98 Å². The van der Waals surface area contributed by atoms with Crippen LogP contribution in [0.3, 0.4) is 0 Å². The molecule has 0 radical (unpaired) electrons. The number of carbonyl (C=O) groups is 1. The molecule has 4 aromatic rings. The zero-order valence-electron chi connectivity index (χ0n) is 16.6. The van der Waals surface area contributed by atoms with Gasteiger partial charge in [-0.3, -0.25) is 4.79 Å². The lowest BCUT2D eigenvalue weighted by Gasteiger charge is -2.12. The number of hydrogen-bond acceptors (Lipinski definition) is 4. The van der Waals surface area contributed by atoms with Crippen LogP contribution in [0.1, 0.15) is 21.9 Å². The maximum atomic E-state index is 12.5. The number of allylic oxidation sites excluding steroid dienone is 1. The van der Waals surface area contributed by atoms with Gasteiger partial charge in [0.05, 0.1) is 21.4 Å². The fraction of sp³-hybridized carbons (Fsp3) is 0.0435. The van der Waals surface area contributed by atoms with Crippen LogP contribution in [0, 0.1) is 0 Å². The van der Waals surface area contributed by atoms with E-state index in [1.807, 2.05) is 22.9 Å². The Morgan fingerprint density at radius 3 is 2.24 bits per heavy atom. The van der Waals surface area contributed by atoms with E-state index in [0.717, 1.165) is 5.69 Å². The SMILES string of the molecule is O=C(/C=C/c1ccc(COc2c(Cl)c(Cl)c(Cl)c(Cl)c2Cl)o1)c1ccc(-n2ccnc2)cc1. The van der Waals surface area contributed by atoms with Crippen LogP contribution in [0.15, 0.2) is 65.6 Å². The molecule has 0 saturated heterocycles. The monoisotopic (exact) mass is 540 g/mol. The molecule has 0 aliphatic carbocycles. The van der Waals surface area contributed by atoms with E-state index < -0.39 is 0 Å². The van der Waals surface area contributed by atoms with Crippen LogP contribution >= 0.6 is 58.0 Å². The summed E-state index contributed by atoms with van der Waals surface area (Å²) < 4.78 is 13.2. The maximum Gasteiger partial charge on any atom is 0.185 e. The highest BCUT2D eigenvalue weighted by Gasteiger charge is 2.21. The second-order valence-electron chi connectivity index (χ2n) is 6.71. The van der Waals surface area contributed by atoms with Crippen molar-refractivity contribution in [1.29, 1.82) is 0 Å². The van der Waals surface area contributed by atoms with Crippen LogP contribution in [0.25, 0.3) is 11.8 Å². The van der Waals surface area contributed by atoms with Gasteiger partial charge in [-0.2, -0.15) is 0 Å². The molecule has 0 saturated carbocycles. The van der Waals surface area contributed by atoms with E-state index in [0.29, 0.717) is 17.1 Å². The van der Waals surface area contributed by atoms with Crippen LogP contribution in [0.4, 0.5) is 0 Å². The normalized spacial score (nSPS) is 11.3. The molecule has 0 amide bonds. The number of hydrogen-bond donors (Lipinski definition) is 0. The highest BCUT2D eigenvalue weighted by molar-refractivity contribution is 6.55. The minimum atomic E-state index is -0.162. The third kappa shape index (κ3) is 5.24.